The first-order valence-electron chi connectivity index (χ1n) is 12.8. The van der Waals surface area contributed by atoms with Gasteiger partial charge in [-0.2, -0.15) is 0 Å². The van der Waals surface area contributed by atoms with Gasteiger partial charge in [0, 0.05) is 77.4 Å². The Morgan fingerprint density at radius 3 is 2.80 bits per heavy atom. The molecule has 0 saturated carbocycles. The van der Waals surface area contributed by atoms with Gasteiger partial charge in [0.2, 0.25) is 0 Å². The summed E-state index contributed by atoms with van der Waals surface area (Å²) in [7, 11) is 0. The molecular formula is C27H35N5O2S. The number of nitrogens with zero attached hydrogens (tertiary/aromatic N) is 3. The Labute approximate surface area is 211 Å². The van der Waals surface area contributed by atoms with Crippen LogP contribution in [-0.2, 0) is 11.3 Å². The molecule has 0 radical (unpaired) electrons. The zero-order valence-electron chi connectivity index (χ0n) is 20.7. The van der Waals surface area contributed by atoms with Crippen molar-refractivity contribution >= 4 is 34.0 Å². The number of amides is 2. The molecule has 5 rings (SSSR count). The Morgan fingerprint density at radius 2 is 2.06 bits per heavy atom. The molecular weight excluding hydrogens is 458 g/mol. The molecule has 3 aromatic rings. The predicted molar refractivity (Wildman–Crippen MR) is 143 cm³/mol. The Kier molecular flexibility index (Phi) is 7.51. The summed E-state index contributed by atoms with van der Waals surface area (Å²) < 4.78 is 5.47. The number of carbonyl (C=O) groups excluding carboxylic acids is 1. The van der Waals surface area contributed by atoms with Gasteiger partial charge in [-0.05, 0) is 43.0 Å². The summed E-state index contributed by atoms with van der Waals surface area (Å²) in [6.07, 6.45) is 8.98. The van der Waals surface area contributed by atoms with Crippen LogP contribution in [0.15, 0.2) is 36.7 Å². The highest BCUT2D eigenvalue weighted by Crippen LogP contribution is 2.34. The number of aromatic nitrogens is 2. The van der Waals surface area contributed by atoms with E-state index in [1.54, 1.807) is 0 Å². The number of nitrogens with one attached hydrogen (secondary N) is 2. The van der Waals surface area contributed by atoms with Crippen molar-refractivity contribution in [3.8, 4) is 10.4 Å². The van der Waals surface area contributed by atoms with Crippen LogP contribution in [0.25, 0.3) is 27.0 Å². The van der Waals surface area contributed by atoms with E-state index in [0.29, 0.717) is 6.54 Å². The third-order valence-corrected chi connectivity index (χ3v) is 8.23. The van der Waals surface area contributed by atoms with Crippen LogP contribution in [0.2, 0.25) is 0 Å². The first-order chi connectivity index (χ1) is 17.1. The van der Waals surface area contributed by atoms with Crippen LogP contribution < -0.4 is 5.32 Å². The average molecular weight is 494 g/mol. The number of hydrogen-bond acceptors (Lipinski definition) is 5. The van der Waals surface area contributed by atoms with Crippen molar-refractivity contribution in [1.29, 1.82) is 0 Å². The van der Waals surface area contributed by atoms with Gasteiger partial charge in [-0.1, -0.05) is 19.9 Å². The molecule has 7 nitrogen and oxygen atoms in total. The number of H-pyrrole nitrogens is 1. The van der Waals surface area contributed by atoms with Gasteiger partial charge in [-0.3, -0.25) is 4.90 Å². The molecule has 2 aliphatic rings. The van der Waals surface area contributed by atoms with Crippen molar-refractivity contribution in [2.45, 2.75) is 45.7 Å². The van der Waals surface area contributed by atoms with E-state index in [2.05, 4.69) is 59.5 Å². The Morgan fingerprint density at radius 1 is 1.23 bits per heavy atom. The number of aromatic amines is 1. The summed E-state index contributed by atoms with van der Waals surface area (Å²) in [5.74, 6) is 0. The SMILES string of the molecule is CCC(CC)NC(=O)N1CC=C(c2c[nH]c3ncc(-c4ccc(CN5CCOCC5)s4)cc23)CC1. The van der Waals surface area contributed by atoms with Gasteiger partial charge in [-0.15, -0.1) is 11.3 Å². The quantitative estimate of drug-likeness (QED) is 0.480. The standard InChI is InChI=1S/C27H35N5O2S/c1-3-21(4-2)30-27(33)32-9-7-19(8-10-32)24-17-29-26-23(24)15-20(16-28-26)25-6-5-22(35-25)18-31-11-13-34-14-12-31/h5-7,15-17,21H,3-4,8-14,18H2,1-2H3,(H,28,29)(H,30,33). The predicted octanol–water partition coefficient (Wildman–Crippen LogP) is 5.11. The largest absolute Gasteiger partial charge is 0.379 e. The number of urea groups is 1. The van der Waals surface area contributed by atoms with Crippen molar-refractivity contribution in [1.82, 2.24) is 25.1 Å². The van der Waals surface area contributed by atoms with E-state index in [4.69, 9.17) is 9.72 Å². The Hall–Kier alpha value is -2.68. The highest BCUT2D eigenvalue weighted by atomic mass is 32.1. The number of rotatable bonds is 7. The zero-order chi connectivity index (χ0) is 24.2. The second kappa shape index (κ2) is 10.9. The van der Waals surface area contributed by atoms with E-state index >= 15 is 0 Å². The summed E-state index contributed by atoms with van der Waals surface area (Å²) in [5, 5.41) is 4.30. The molecule has 2 amide bonds. The number of ether oxygens (including phenoxy) is 1. The molecule has 0 aromatic carbocycles. The average Bonchev–Trinajstić information content (AvgIpc) is 3.54. The van der Waals surface area contributed by atoms with E-state index in [0.717, 1.165) is 75.3 Å². The van der Waals surface area contributed by atoms with Crippen LogP contribution in [-0.4, -0.2) is 71.2 Å². The topological polar surface area (TPSA) is 73.5 Å². The van der Waals surface area contributed by atoms with Crippen molar-refractivity contribution in [2.75, 3.05) is 39.4 Å². The van der Waals surface area contributed by atoms with Crippen LogP contribution in [0.1, 0.15) is 43.6 Å². The van der Waals surface area contributed by atoms with E-state index in [9.17, 15) is 4.79 Å². The van der Waals surface area contributed by atoms with Gasteiger partial charge in [0.15, 0.2) is 0 Å². The van der Waals surface area contributed by atoms with Crippen LogP contribution >= 0.6 is 11.3 Å². The molecule has 1 fully saturated rings. The second-order valence-corrected chi connectivity index (χ2v) is 10.5. The summed E-state index contributed by atoms with van der Waals surface area (Å²) in [4.78, 5) is 27.7. The van der Waals surface area contributed by atoms with E-state index in [-0.39, 0.29) is 12.1 Å². The molecule has 0 atom stereocenters. The first kappa shape index (κ1) is 24.0. The van der Waals surface area contributed by atoms with Crippen LogP contribution in [0, 0.1) is 0 Å². The molecule has 2 N–H and O–H groups in total. The van der Waals surface area contributed by atoms with Gasteiger partial charge >= 0.3 is 6.03 Å². The monoisotopic (exact) mass is 493 g/mol. The normalized spacial score (nSPS) is 17.2. The minimum absolute atomic E-state index is 0.0439. The number of thiophene rings is 1. The van der Waals surface area contributed by atoms with E-state index in [1.807, 2.05) is 22.4 Å². The second-order valence-electron chi connectivity index (χ2n) is 9.37. The number of morpholine rings is 1. The van der Waals surface area contributed by atoms with Gasteiger partial charge in [-0.25, -0.2) is 9.78 Å². The minimum Gasteiger partial charge on any atom is -0.379 e. The van der Waals surface area contributed by atoms with Gasteiger partial charge in [0.25, 0.3) is 0 Å². The number of hydrogen-bond donors (Lipinski definition) is 2. The van der Waals surface area contributed by atoms with Gasteiger partial charge in [0.05, 0.1) is 13.2 Å². The van der Waals surface area contributed by atoms with Crippen molar-refractivity contribution in [3.05, 3.63) is 47.1 Å². The molecule has 5 heterocycles. The maximum absolute atomic E-state index is 12.6. The molecule has 1 saturated heterocycles. The zero-order valence-corrected chi connectivity index (χ0v) is 21.5. The molecule has 186 valence electrons. The maximum Gasteiger partial charge on any atom is 0.317 e. The fraction of sp³-hybridized carbons (Fsp3) is 0.481. The summed E-state index contributed by atoms with van der Waals surface area (Å²) in [6, 6.07) is 7.00. The fourth-order valence-electron chi connectivity index (χ4n) is 4.86. The fourth-order valence-corrected chi connectivity index (χ4v) is 5.89. The lowest BCUT2D eigenvalue weighted by molar-refractivity contribution is 0.0346. The summed E-state index contributed by atoms with van der Waals surface area (Å²) in [6.45, 7) is 10.2. The lowest BCUT2D eigenvalue weighted by Crippen LogP contribution is -2.46. The van der Waals surface area contributed by atoms with Crippen LogP contribution in [0.5, 0.6) is 0 Å². The van der Waals surface area contributed by atoms with E-state index in [1.165, 1.54) is 20.9 Å². The van der Waals surface area contributed by atoms with Crippen LogP contribution in [0.3, 0.4) is 0 Å². The highest BCUT2D eigenvalue weighted by Gasteiger charge is 2.21. The van der Waals surface area contributed by atoms with Crippen molar-refractivity contribution < 1.29 is 9.53 Å². The number of pyridine rings is 1. The van der Waals surface area contributed by atoms with Crippen molar-refractivity contribution in [2.24, 2.45) is 0 Å². The Balaban J connectivity index is 1.30. The molecule has 8 heteroatoms. The first-order valence-corrected chi connectivity index (χ1v) is 13.6. The summed E-state index contributed by atoms with van der Waals surface area (Å²) in [5.41, 5.74) is 4.53. The molecule has 0 unspecified atom stereocenters. The molecule has 35 heavy (non-hydrogen) atoms. The summed E-state index contributed by atoms with van der Waals surface area (Å²) >= 11 is 1.85. The number of carbonyl (C=O) groups is 1. The van der Waals surface area contributed by atoms with Crippen molar-refractivity contribution in [3.63, 3.8) is 0 Å². The molecule has 0 aliphatic carbocycles. The molecule has 0 bridgehead atoms. The minimum atomic E-state index is 0.0439. The lowest BCUT2D eigenvalue weighted by atomic mass is 9.99. The molecule has 2 aliphatic heterocycles. The third kappa shape index (κ3) is 5.44. The number of fused-ring (bicyclic) bond motifs is 1. The smallest absolute Gasteiger partial charge is 0.317 e. The molecule has 0 spiro atoms. The van der Waals surface area contributed by atoms with Crippen LogP contribution in [0.4, 0.5) is 4.79 Å². The maximum atomic E-state index is 12.6. The highest BCUT2D eigenvalue weighted by molar-refractivity contribution is 7.15. The molecule has 3 aromatic heterocycles. The Bertz CT molecular complexity index is 1190. The van der Waals surface area contributed by atoms with Gasteiger partial charge in [0.1, 0.15) is 5.65 Å². The third-order valence-electron chi connectivity index (χ3n) is 7.12. The van der Waals surface area contributed by atoms with E-state index < -0.39 is 0 Å². The lowest BCUT2D eigenvalue weighted by Gasteiger charge is -2.28. The van der Waals surface area contributed by atoms with Gasteiger partial charge < -0.3 is 19.9 Å².